The van der Waals surface area contributed by atoms with Crippen molar-refractivity contribution < 1.29 is 19.1 Å². The number of amides is 3. The molecule has 1 heterocycles. The second kappa shape index (κ2) is 18.0. The van der Waals surface area contributed by atoms with Gasteiger partial charge >= 0.3 is 0 Å². The summed E-state index contributed by atoms with van der Waals surface area (Å²) in [5.74, 6) is 2.99. The van der Waals surface area contributed by atoms with Gasteiger partial charge in [0.25, 0.3) is 11.8 Å². The molecule has 8 heteroatoms. The maximum absolute atomic E-state index is 12.3. The van der Waals surface area contributed by atoms with Gasteiger partial charge in [0.05, 0.1) is 13.2 Å². The third kappa shape index (κ3) is 12.8. The Morgan fingerprint density at radius 2 is 2.09 bits per heavy atom. The minimum Gasteiger partial charge on any atom is -0.501 e. The Hall–Kier alpha value is -2.30. The zero-order valence-electron chi connectivity index (χ0n) is 20.8. The molecule has 192 valence electrons. The molecule has 0 radical (unpaired) electrons. The molecule has 2 atom stereocenters. The third-order valence-corrected chi connectivity index (χ3v) is 6.17. The van der Waals surface area contributed by atoms with Crippen LogP contribution in [0.15, 0.2) is 47.2 Å². The summed E-state index contributed by atoms with van der Waals surface area (Å²) in [4.78, 5) is 40.1. The summed E-state index contributed by atoms with van der Waals surface area (Å²) >= 11 is 9.05. The molecule has 0 saturated heterocycles. The lowest BCUT2D eigenvalue weighted by molar-refractivity contribution is -0.139. The molecular formula is C27H36BrClN2O4. The fourth-order valence-corrected chi connectivity index (χ4v) is 3.91. The van der Waals surface area contributed by atoms with E-state index in [0.29, 0.717) is 37.5 Å². The van der Waals surface area contributed by atoms with Crippen LogP contribution in [0.2, 0.25) is 0 Å². The van der Waals surface area contributed by atoms with E-state index in [1.165, 1.54) is 29.7 Å². The second-order valence-electron chi connectivity index (χ2n) is 8.44. The average Bonchev–Trinajstić information content (AvgIpc) is 3.18. The van der Waals surface area contributed by atoms with Crippen LogP contribution >= 0.6 is 27.5 Å². The Morgan fingerprint density at radius 3 is 2.71 bits per heavy atom. The van der Waals surface area contributed by atoms with Crippen molar-refractivity contribution in [3.05, 3.63) is 47.2 Å². The predicted molar refractivity (Wildman–Crippen MR) is 144 cm³/mol. The van der Waals surface area contributed by atoms with E-state index in [1.807, 2.05) is 6.08 Å². The van der Waals surface area contributed by atoms with Gasteiger partial charge in [-0.3, -0.25) is 19.3 Å². The topological polar surface area (TPSA) is 75.7 Å². The van der Waals surface area contributed by atoms with Gasteiger partial charge in [-0.2, -0.15) is 0 Å². The molecule has 3 amide bonds. The first kappa shape index (κ1) is 30.7. The summed E-state index contributed by atoms with van der Waals surface area (Å²) in [6, 6.07) is -0.275. The van der Waals surface area contributed by atoms with Crippen molar-refractivity contribution in [2.24, 2.45) is 5.92 Å². The molecule has 0 aromatic rings. The summed E-state index contributed by atoms with van der Waals surface area (Å²) in [5, 5.41) is 2.84. The number of unbranched alkanes of at least 4 members (excludes halogenated alkanes) is 1. The molecule has 6 nitrogen and oxygen atoms in total. The molecule has 0 aliphatic carbocycles. The summed E-state index contributed by atoms with van der Waals surface area (Å²) < 4.78 is 5.24. The smallest absolute Gasteiger partial charge is 0.257 e. The highest BCUT2D eigenvalue weighted by Crippen LogP contribution is 2.19. The quantitative estimate of drug-likeness (QED) is 0.0900. The number of nitrogens with one attached hydrogen (secondary N) is 1. The van der Waals surface area contributed by atoms with E-state index >= 15 is 0 Å². The van der Waals surface area contributed by atoms with Crippen molar-refractivity contribution in [3.8, 4) is 10.8 Å². The van der Waals surface area contributed by atoms with Crippen LogP contribution < -0.4 is 5.32 Å². The molecule has 0 spiro atoms. The molecule has 0 bridgehead atoms. The van der Waals surface area contributed by atoms with E-state index in [4.69, 9.17) is 16.3 Å². The molecule has 1 unspecified atom stereocenters. The molecule has 1 aliphatic rings. The van der Waals surface area contributed by atoms with E-state index in [0.717, 1.165) is 32.1 Å². The number of hydrogen-bond donors (Lipinski definition) is 1. The Balaban J connectivity index is 2.27. The number of methoxy groups -OCH3 is 1. The number of allylic oxidation sites excluding steroid dienone is 3. The number of carbonyl (C=O) groups excluding carboxylic acids is 3. The SMILES string of the molecule is CO/C(=C/C(=O)N1C(=O)C=C[C@@H]1C)CCNC(=O)CC/C=C/C(C)CC/C(=C\Cl)CCCC#CBr. The van der Waals surface area contributed by atoms with Crippen LogP contribution in [0.25, 0.3) is 0 Å². The van der Waals surface area contributed by atoms with Crippen molar-refractivity contribution in [3.63, 3.8) is 0 Å². The monoisotopic (exact) mass is 566 g/mol. The number of halogens is 2. The highest BCUT2D eigenvalue weighted by atomic mass is 79.9. The molecule has 0 aromatic heterocycles. The van der Waals surface area contributed by atoms with E-state index in [-0.39, 0.29) is 17.9 Å². The van der Waals surface area contributed by atoms with Gasteiger partial charge in [0.15, 0.2) is 0 Å². The summed E-state index contributed by atoms with van der Waals surface area (Å²) in [5.41, 5.74) is 2.93. The lowest BCUT2D eigenvalue weighted by atomic mass is 9.98. The van der Waals surface area contributed by atoms with E-state index in [9.17, 15) is 14.4 Å². The Bertz CT molecular complexity index is 899. The van der Waals surface area contributed by atoms with Crippen molar-refractivity contribution in [1.29, 1.82) is 0 Å². The van der Waals surface area contributed by atoms with Crippen LogP contribution in [0.3, 0.4) is 0 Å². The van der Waals surface area contributed by atoms with Crippen LogP contribution in [0.1, 0.15) is 65.2 Å². The molecule has 1 aliphatic heterocycles. The zero-order chi connectivity index (χ0) is 26.1. The highest BCUT2D eigenvalue weighted by Gasteiger charge is 2.27. The number of carbonyl (C=O) groups is 3. The van der Waals surface area contributed by atoms with Gasteiger partial charge in [-0.05, 0) is 49.8 Å². The Morgan fingerprint density at radius 1 is 1.31 bits per heavy atom. The lowest BCUT2D eigenvalue weighted by Crippen LogP contribution is -2.37. The summed E-state index contributed by atoms with van der Waals surface area (Å²) in [6.07, 6.45) is 14.7. The Kier molecular flexibility index (Phi) is 15.8. The maximum Gasteiger partial charge on any atom is 0.257 e. The van der Waals surface area contributed by atoms with Gasteiger partial charge in [0.2, 0.25) is 5.91 Å². The fraction of sp³-hybridized carbons (Fsp3) is 0.519. The molecule has 35 heavy (non-hydrogen) atoms. The lowest BCUT2D eigenvalue weighted by Gasteiger charge is -2.18. The van der Waals surface area contributed by atoms with Crippen molar-refractivity contribution in [1.82, 2.24) is 10.2 Å². The highest BCUT2D eigenvalue weighted by molar-refractivity contribution is 9.12. The summed E-state index contributed by atoms with van der Waals surface area (Å²) in [7, 11) is 1.46. The molecule has 0 saturated carbocycles. The minimum absolute atomic E-state index is 0.0597. The average molecular weight is 568 g/mol. The van der Waals surface area contributed by atoms with Gasteiger partial charge in [-0.15, -0.1) is 0 Å². The van der Waals surface area contributed by atoms with Crippen LogP contribution in [-0.4, -0.2) is 42.3 Å². The third-order valence-electron chi connectivity index (χ3n) is 5.58. The molecule has 0 fully saturated rings. The summed E-state index contributed by atoms with van der Waals surface area (Å²) in [6.45, 7) is 4.28. The normalized spacial score (nSPS) is 16.9. The largest absolute Gasteiger partial charge is 0.501 e. The minimum atomic E-state index is -0.424. The standard InChI is InChI=1S/C27H36BrClN2O4/c1-21(12-14-23(20-29)10-5-4-8-17-28)9-6-7-11-25(32)30-18-16-24(35-3)19-27(34)31-22(2)13-15-26(31)33/h6,9,13,15,19-22H,4-5,7,10-12,14,16,18H2,1-3H3,(H,30,32)/b9-6+,23-20-,24-19+/t21?,22-/m0/s1. The second-order valence-corrected chi connectivity index (χ2v) is 9.05. The maximum atomic E-state index is 12.3. The number of ether oxygens (including phenoxy) is 1. The van der Waals surface area contributed by atoms with Gasteiger partial charge in [-0.25, -0.2) is 0 Å². The first-order chi connectivity index (χ1) is 16.8. The van der Waals surface area contributed by atoms with Crippen LogP contribution in [-0.2, 0) is 19.1 Å². The first-order valence-electron chi connectivity index (χ1n) is 11.9. The number of rotatable bonds is 15. The number of nitrogens with zero attached hydrogens (tertiary/aromatic N) is 1. The van der Waals surface area contributed by atoms with Gasteiger partial charge in [-0.1, -0.05) is 48.2 Å². The molecule has 1 rings (SSSR count). The predicted octanol–water partition coefficient (Wildman–Crippen LogP) is 5.74. The molecule has 1 N–H and O–H groups in total. The first-order valence-corrected chi connectivity index (χ1v) is 13.1. The fourth-order valence-electron chi connectivity index (χ4n) is 3.49. The van der Waals surface area contributed by atoms with E-state index in [2.05, 4.69) is 45.0 Å². The van der Waals surface area contributed by atoms with E-state index in [1.54, 1.807) is 18.5 Å². The van der Waals surface area contributed by atoms with Crippen molar-refractivity contribution >= 4 is 45.3 Å². The van der Waals surface area contributed by atoms with Crippen molar-refractivity contribution in [2.45, 2.75) is 71.3 Å². The number of imide groups is 1. The molecule has 0 aromatic carbocycles. The zero-order valence-corrected chi connectivity index (χ0v) is 23.2. The van der Waals surface area contributed by atoms with Crippen LogP contribution in [0.4, 0.5) is 0 Å². The van der Waals surface area contributed by atoms with Gasteiger partial charge in [0.1, 0.15) is 5.76 Å². The van der Waals surface area contributed by atoms with Gasteiger partial charge < -0.3 is 10.1 Å². The number of hydrogen-bond acceptors (Lipinski definition) is 4. The van der Waals surface area contributed by atoms with E-state index < -0.39 is 5.91 Å². The Labute approximate surface area is 223 Å². The van der Waals surface area contributed by atoms with Crippen LogP contribution in [0, 0.1) is 16.7 Å². The van der Waals surface area contributed by atoms with Crippen LogP contribution in [0.5, 0.6) is 0 Å². The molecular weight excluding hydrogens is 532 g/mol. The van der Waals surface area contributed by atoms with Crippen molar-refractivity contribution in [2.75, 3.05) is 13.7 Å². The van der Waals surface area contributed by atoms with Gasteiger partial charge in [0, 0.05) is 59.4 Å².